The Hall–Kier alpha value is -3.90. The number of para-hydroxylation sites is 2. The number of amides is 1. The van der Waals surface area contributed by atoms with E-state index in [0.29, 0.717) is 41.5 Å². The molecule has 1 aromatic heterocycles. The molecule has 9 heteroatoms. The molecule has 1 amide bonds. The van der Waals surface area contributed by atoms with Crippen molar-refractivity contribution in [3.63, 3.8) is 0 Å². The number of nitriles is 1. The van der Waals surface area contributed by atoms with Crippen LogP contribution in [0.5, 0.6) is 11.5 Å². The molecular formula is C27H32N6O3. The number of nitrogens with zero attached hydrogens (tertiary/aromatic N) is 5. The lowest BCUT2D eigenvalue weighted by molar-refractivity contribution is -0.121. The Morgan fingerprint density at radius 1 is 1.06 bits per heavy atom. The first kappa shape index (κ1) is 25.2. The maximum absolute atomic E-state index is 13.2. The lowest BCUT2D eigenvalue weighted by atomic mass is 10.0. The minimum absolute atomic E-state index is 0.373. The number of ether oxygens (including phenoxy) is 2. The van der Waals surface area contributed by atoms with Crippen LogP contribution in [-0.2, 0) is 11.2 Å². The number of rotatable bonds is 9. The van der Waals surface area contributed by atoms with Crippen molar-refractivity contribution in [3.05, 3.63) is 53.7 Å². The minimum Gasteiger partial charge on any atom is -0.493 e. The van der Waals surface area contributed by atoms with Crippen molar-refractivity contribution in [3.8, 4) is 17.6 Å². The van der Waals surface area contributed by atoms with Crippen LogP contribution in [0, 0.1) is 11.3 Å². The largest absolute Gasteiger partial charge is 0.493 e. The highest BCUT2D eigenvalue weighted by Gasteiger charge is 2.30. The van der Waals surface area contributed by atoms with Gasteiger partial charge in [-0.25, -0.2) is 9.97 Å². The normalized spacial score (nSPS) is 14.8. The summed E-state index contributed by atoms with van der Waals surface area (Å²) in [6, 6.07) is 15.4. The number of anilines is 1. The third-order valence-corrected chi connectivity index (χ3v) is 6.52. The molecule has 1 aliphatic rings. The second-order valence-corrected chi connectivity index (χ2v) is 8.63. The Bertz CT molecular complexity index is 1250. The Kier molecular flexibility index (Phi) is 8.18. The maximum atomic E-state index is 13.2. The van der Waals surface area contributed by atoms with Gasteiger partial charge in [-0.15, -0.1) is 0 Å². The van der Waals surface area contributed by atoms with Gasteiger partial charge in [-0.2, -0.15) is 5.26 Å². The van der Waals surface area contributed by atoms with Crippen molar-refractivity contribution in [2.75, 3.05) is 58.4 Å². The quantitative estimate of drug-likeness (QED) is 0.490. The summed E-state index contributed by atoms with van der Waals surface area (Å²) in [6.45, 7) is 6.86. The first-order valence-corrected chi connectivity index (χ1v) is 12.2. The number of carbonyl (C=O) groups is 1. The molecular weight excluding hydrogens is 456 g/mol. The number of hydrogen-bond acceptors (Lipinski definition) is 8. The van der Waals surface area contributed by atoms with Gasteiger partial charge >= 0.3 is 0 Å². The maximum Gasteiger partial charge on any atom is 0.243 e. The van der Waals surface area contributed by atoms with E-state index in [1.807, 2.05) is 42.5 Å². The third-order valence-electron chi connectivity index (χ3n) is 6.52. The number of methoxy groups -OCH3 is 2. The summed E-state index contributed by atoms with van der Waals surface area (Å²) in [7, 11) is 3.18. The van der Waals surface area contributed by atoms with E-state index in [1.54, 1.807) is 14.2 Å². The average Bonchev–Trinajstić information content (AvgIpc) is 2.93. The molecule has 0 aliphatic carbocycles. The lowest BCUT2D eigenvalue weighted by Crippen LogP contribution is -2.47. The van der Waals surface area contributed by atoms with Gasteiger partial charge in [0.25, 0.3) is 0 Å². The van der Waals surface area contributed by atoms with Crippen LogP contribution in [0.1, 0.15) is 24.1 Å². The number of fused-ring (bicyclic) bond motifs is 1. The van der Waals surface area contributed by atoms with Gasteiger partial charge in [-0.1, -0.05) is 25.1 Å². The highest BCUT2D eigenvalue weighted by Crippen LogP contribution is 2.29. The molecule has 188 valence electrons. The number of likely N-dealkylation sites (N-methyl/N-ethyl adjacent to an activating group) is 1. The monoisotopic (exact) mass is 488 g/mol. The van der Waals surface area contributed by atoms with Crippen LogP contribution in [0.15, 0.2) is 42.5 Å². The number of nitrogens with one attached hydrogen (secondary N) is 1. The summed E-state index contributed by atoms with van der Waals surface area (Å²) in [5.41, 5.74) is 2.81. The first-order chi connectivity index (χ1) is 17.6. The van der Waals surface area contributed by atoms with Gasteiger partial charge in [0.1, 0.15) is 5.69 Å². The number of aromatic nitrogens is 2. The zero-order valence-corrected chi connectivity index (χ0v) is 21.0. The predicted octanol–water partition coefficient (Wildman–Crippen LogP) is 2.75. The summed E-state index contributed by atoms with van der Waals surface area (Å²) >= 11 is 0. The number of piperazine rings is 1. The molecule has 1 saturated heterocycles. The van der Waals surface area contributed by atoms with Crippen LogP contribution in [-0.4, -0.2) is 74.3 Å². The van der Waals surface area contributed by atoms with Crippen LogP contribution in [0.2, 0.25) is 0 Å². The van der Waals surface area contributed by atoms with Crippen molar-refractivity contribution >= 4 is 22.8 Å². The first-order valence-electron chi connectivity index (χ1n) is 12.2. The topological polar surface area (TPSA) is 104 Å². The third kappa shape index (κ3) is 5.50. The standard InChI is InChI=1S/C27H32N6O3/c1-4-32-13-15-33(16-14-32)26-25(30-21-7-5-6-8-22(21)31-26)20(18-28)27(34)29-12-11-19-9-10-23(35-2)24(17-19)36-3/h5-10,17,20H,4,11-16H2,1-3H3,(H,29,34)/t20-/m0/s1. The molecule has 1 atom stereocenters. The molecule has 9 nitrogen and oxygen atoms in total. The van der Waals surface area contributed by atoms with E-state index in [-0.39, 0.29) is 5.91 Å². The second-order valence-electron chi connectivity index (χ2n) is 8.63. The van der Waals surface area contributed by atoms with Gasteiger partial charge in [0, 0.05) is 32.7 Å². The highest BCUT2D eigenvalue weighted by molar-refractivity contribution is 5.88. The van der Waals surface area contributed by atoms with Gasteiger partial charge in [0.2, 0.25) is 5.91 Å². The molecule has 3 aromatic rings. The Balaban J connectivity index is 1.53. The van der Waals surface area contributed by atoms with E-state index in [9.17, 15) is 10.1 Å². The molecule has 4 rings (SSSR count). The van der Waals surface area contributed by atoms with Crippen molar-refractivity contribution in [2.45, 2.75) is 19.3 Å². The van der Waals surface area contributed by atoms with Crippen molar-refractivity contribution in [2.24, 2.45) is 0 Å². The van der Waals surface area contributed by atoms with E-state index in [1.165, 1.54) is 0 Å². The molecule has 1 fully saturated rings. The van der Waals surface area contributed by atoms with Gasteiger partial charge in [0.15, 0.2) is 23.2 Å². The van der Waals surface area contributed by atoms with Gasteiger partial charge in [0.05, 0.1) is 31.3 Å². The van der Waals surface area contributed by atoms with Gasteiger partial charge < -0.3 is 24.6 Å². The summed E-state index contributed by atoms with van der Waals surface area (Å²) < 4.78 is 10.6. The zero-order chi connectivity index (χ0) is 25.5. The van der Waals surface area contributed by atoms with Gasteiger partial charge in [-0.05, 0) is 42.8 Å². The fourth-order valence-corrected chi connectivity index (χ4v) is 4.42. The Morgan fingerprint density at radius 2 is 1.75 bits per heavy atom. The average molecular weight is 489 g/mol. The number of carbonyl (C=O) groups excluding carboxylic acids is 1. The SMILES string of the molecule is CCN1CCN(c2nc3ccccc3nc2[C@H](C#N)C(=O)NCCc2ccc(OC)c(OC)c2)CC1. The smallest absolute Gasteiger partial charge is 0.243 e. The van der Waals surface area contributed by atoms with Crippen LogP contribution >= 0.6 is 0 Å². The molecule has 0 spiro atoms. The van der Waals surface area contributed by atoms with Crippen molar-refractivity contribution < 1.29 is 14.3 Å². The molecule has 0 bridgehead atoms. The van der Waals surface area contributed by atoms with E-state index in [0.717, 1.165) is 43.8 Å². The number of benzene rings is 2. The lowest BCUT2D eigenvalue weighted by Gasteiger charge is -2.35. The summed E-state index contributed by atoms with van der Waals surface area (Å²) in [5, 5.41) is 12.9. The molecule has 1 N–H and O–H groups in total. The molecule has 1 aliphatic heterocycles. The summed E-state index contributed by atoms with van der Waals surface area (Å²) in [5.74, 6) is 0.459. The summed E-state index contributed by atoms with van der Waals surface area (Å²) in [4.78, 5) is 27.3. The van der Waals surface area contributed by atoms with E-state index in [4.69, 9.17) is 19.4 Å². The second kappa shape index (κ2) is 11.7. The van der Waals surface area contributed by atoms with Crippen LogP contribution in [0.25, 0.3) is 11.0 Å². The predicted molar refractivity (Wildman–Crippen MR) is 138 cm³/mol. The van der Waals surface area contributed by atoms with Crippen molar-refractivity contribution in [1.29, 1.82) is 5.26 Å². The molecule has 2 aromatic carbocycles. The van der Waals surface area contributed by atoms with Crippen LogP contribution < -0.4 is 19.7 Å². The molecule has 0 unspecified atom stereocenters. The van der Waals surface area contributed by atoms with Crippen molar-refractivity contribution in [1.82, 2.24) is 20.2 Å². The summed E-state index contributed by atoms with van der Waals surface area (Å²) in [6.07, 6.45) is 0.583. The van der Waals surface area contributed by atoms with E-state index in [2.05, 4.69) is 28.1 Å². The minimum atomic E-state index is -1.06. The van der Waals surface area contributed by atoms with Gasteiger partial charge in [-0.3, -0.25) is 4.79 Å². The number of hydrogen-bond donors (Lipinski definition) is 1. The highest BCUT2D eigenvalue weighted by atomic mass is 16.5. The molecule has 0 saturated carbocycles. The van der Waals surface area contributed by atoms with E-state index < -0.39 is 5.92 Å². The molecule has 0 radical (unpaired) electrons. The molecule has 36 heavy (non-hydrogen) atoms. The van der Waals surface area contributed by atoms with E-state index >= 15 is 0 Å². The Labute approximate surface area is 211 Å². The zero-order valence-electron chi connectivity index (χ0n) is 21.0. The fourth-order valence-electron chi connectivity index (χ4n) is 4.42. The van der Waals surface area contributed by atoms with Crippen LogP contribution in [0.3, 0.4) is 0 Å². The fraction of sp³-hybridized carbons (Fsp3) is 0.407. The Morgan fingerprint density at radius 3 is 2.39 bits per heavy atom. The molecule has 2 heterocycles. The van der Waals surface area contributed by atoms with Crippen LogP contribution in [0.4, 0.5) is 5.82 Å².